The topological polar surface area (TPSA) is 63.5 Å². The lowest BCUT2D eigenvalue weighted by molar-refractivity contribution is 0.0574. The molecular formula is C17H32IN5O. The SMILES string of the molecule is CN=C(NCCCOC1CCCC1)NCc1c(C)nn(C)c1C.I. The van der Waals surface area contributed by atoms with Gasteiger partial charge in [0.15, 0.2) is 5.96 Å². The second-order valence-electron chi connectivity index (χ2n) is 6.26. The van der Waals surface area contributed by atoms with Crippen LogP contribution in [-0.4, -0.2) is 42.0 Å². The average molecular weight is 449 g/mol. The van der Waals surface area contributed by atoms with E-state index in [1.807, 2.05) is 18.7 Å². The number of ether oxygens (including phenoxy) is 1. The maximum absolute atomic E-state index is 5.87. The third-order valence-corrected chi connectivity index (χ3v) is 4.58. The summed E-state index contributed by atoms with van der Waals surface area (Å²) in [5.41, 5.74) is 3.49. The molecule has 0 saturated heterocycles. The summed E-state index contributed by atoms with van der Waals surface area (Å²) in [7, 11) is 3.77. The number of nitrogens with zero attached hydrogens (tertiary/aromatic N) is 3. The number of aryl methyl sites for hydroxylation is 2. The lowest BCUT2D eigenvalue weighted by atomic mass is 10.2. The van der Waals surface area contributed by atoms with Crippen molar-refractivity contribution < 1.29 is 4.74 Å². The smallest absolute Gasteiger partial charge is 0.191 e. The van der Waals surface area contributed by atoms with Crippen LogP contribution in [0.1, 0.15) is 49.1 Å². The molecule has 1 aliphatic rings. The first-order valence-corrected chi connectivity index (χ1v) is 8.67. The molecule has 0 aromatic carbocycles. The van der Waals surface area contributed by atoms with Crippen LogP contribution in [0.4, 0.5) is 0 Å². The molecule has 0 atom stereocenters. The van der Waals surface area contributed by atoms with Gasteiger partial charge in [0.2, 0.25) is 0 Å². The van der Waals surface area contributed by atoms with Crippen molar-refractivity contribution in [3.63, 3.8) is 0 Å². The molecular weight excluding hydrogens is 417 g/mol. The van der Waals surface area contributed by atoms with E-state index in [9.17, 15) is 0 Å². The Kier molecular flexibility index (Phi) is 9.65. The third kappa shape index (κ3) is 6.23. The Morgan fingerprint density at radius 1 is 1.29 bits per heavy atom. The molecule has 24 heavy (non-hydrogen) atoms. The van der Waals surface area contributed by atoms with Gasteiger partial charge in [-0.3, -0.25) is 9.67 Å². The Morgan fingerprint density at radius 2 is 2.00 bits per heavy atom. The minimum Gasteiger partial charge on any atom is -0.378 e. The van der Waals surface area contributed by atoms with Crippen molar-refractivity contribution in [3.8, 4) is 0 Å². The summed E-state index contributed by atoms with van der Waals surface area (Å²) < 4.78 is 7.79. The molecule has 2 N–H and O–H groups in total. The summed E-state index contributed by atoms with van der Waals surface area (Å²) in [5.74, 6) is 0.827. The quantitative estimate of drug-likeness (QED) is 0.291. The predicted octanol–water partition coefficient (Wildman–Crippen LogP) is 2.67. The van der Waals surface area contributed by atoms with Gasteiger partial charge < -0.3 is 15.4 Å². The van der Waals surface area contributed by atoms with Gasteiger partial charge in [-0.2, -0.15) is 5.10 Å². The summed E-state index contributed by atoms with van der Waals surface area (Å²) in [5, 5.41) is 11.1. The number of hydrogen-bond donors (Lipinski definition) is 2. The highest BCUT2D eigenvalue weighted by atomic mass is 127. The fraction of sp³-hybridized carbons (Fsp3) is 0.765. The zero-order valence-corrected chi connectivity index (χ0v) is 17.7. The zero-order chi connectivity index (χ0) is 16.7. The van der Waals surface area contributed by atoms with Crippen LogP contribution in [0.15, 0.2) is 4.99 Å². The lowest BCUT2D eigenvalue weighted by Crippen LogP contribution is -2.37. The normalized spacial score (nSPS) is 15.4. The predicted molar refractivity (Wildman–Crippen MR) is 109 cm³/mol. The van der Waals surface area contributed by atoms with Gasteiger partial charge in [0.1, 0.15) is 0 Å². The maximum atomic E-state index is 5.87. The van der Waals surface area contributed by atoms with Crippen LogP contribution < -0.4 is 10.6 Å². The Labute approximate surface area is 162 Å². The molecule has 0 bridgehead atoms. The van der Waals surface area contributed by atoms with Crippen LogP contribution in [0, 0.1) is 13.8 Å². The largest absolute Gasteiger partial charge is 0.378 e. The standard InChI is InChI=1S/C17H31N5O.HI/c1-13-16(14(2)22(4)21-13)12-20-17(18-3)19-10-7-11-23-15-8-5-6-9-15;/h15H,5-12H2,1-4H3,(H2,18,19,20);1H. The first-order valence-electron chi connectivity index (χ1n) is 8.67. The van der Waals surface area contributed by atoms with Crippen LogP contribution in [-0.2, 0) is 18.3 Å². The van der Waals surface area contributed by atoms with Crippen LogP contribution in [0.5, 0.6) is 0 Å². The molecule has 6 nitrogen and oxygen atoms in total. The molecule has 7 heteroatoms. The summed E-state index contributed by atoms with van der Waals surface area (Å²) in [6.45, 7) is 6.57. The van der Waals surface area contributed by atoms with E-state index in [0.29, 0.717) is 6.10 Å². The van der Waals surface area contributed by atoms with Crippen molar-refractivity contribution in [2.75, 3.05) is 20.2 Å². The molecule has 0 unspecified atom stereocenters. The summed E-state index contributed by atoms with van der Waals surface area (Å²) in [4.78, 5) is 4.27. The first kappa shape index (κ1) is 21.2. The monoisotopic (exact) mass is 449 g/mol. The van der Waals surface area contributed by atoms with Crippen LogP contribution in [0.2, 0.25) is 0 Å². The van der Waals surface area contributed by atoms with Crippen molar-refractivity contribution in [2.24, 2.45) is 12.0 Å². The number of halogens is 1. The second kappa shape index (κ2) is 10.9. The Bertz CT molecular complexity index is 523. The third-order valence-electron chi connectivity index (χ3n) is 4.58. The van der Waals surface area contributed by atoms with E-state index in [1.54, 1.807) is 7.05 Å². The van der Waals surface area contributed by atoms with Crippen molar-refractivity contribution in [1.29, 1.82) is 0 Å². The van der Waals surface area contributed by atoms with Crippen molar-refractivity contribution >= 4 is 29.9 Å². The van der Waals surface area contributed by atoms with E-state index in [2.05, 4.69) is 27.6 Å². The molecule has 1 saturated carbocycles. The van der Waals surface area contributed by atoms with Gasteiger partial charge in [-0.05, 0) is 33.1 Å². The number of nitrogens with one attached hydrogen (secondary N) is 2. The van der Waals surface area contributed by atoms with E-state index in [1.165, 1.54) is 36.9 Å². The van der Waals surface area contributed by atoms with Gasteiger partial charge in [0, 0.05) is 45.0 Å². The fourth-order valence-corrected chi connectivity index (χ4v) is 3.05. The summed E-state index contributed by atoms with van der Waals surface area (Å²) in [6.07, 6.45) is 6.63. The molecule has 0 radical (unpaired) electrons. The molecule has 1 aromatic rings. The Morgan fingerprint density at radius 3 is 2.58 bits per heavy atom. The van der Waals surface area contributed by atoms with Gasteiger partial charge in [-0.15, -0.1) is 24.0 Å². The van der Waals surface area contributed by atoms with Crippen molar-refractivity contribution in [2.45, 2.75) is 58.6 Å². The first-order chi connectivity index (χ1) is 11.1. The molecule has 1 aromatic heterocycles. The molecule has 1 fully saturated rings. The number of aliphatic imine (C=N–C) groups is 1. The molecule has 0 amide bonds. The highest BCUT2D eigenvalue weighted by molar-refractivity contribution is 14.0. The highest BCUT2D eigenvalue weighted by Gasteiger charge is 2.14. The van der Waals surface area contributed by atoms with E-state index in [4.69, 9.17) is 4.74 Å². The fourth-order valence-electron chi connectivity index (χ4n) is 3.05. The zero-order valence-electron chi connectivity index (χ0n) is 15.4. The lowest BCUT2D eigenvalue weighted by Gasteiger charge is -2.14. The van der Waals surface area contributed by atoms with Crippen LogP contribution >= 0.6 is 24.0 Å². The van der Waals surface area contributed by atoms with Gasteiger partial charge in [0.05, 0.1) is 11.8 Å². The number of hydrogen-bond acceptors (Lipinski definition) is 3. The second-order valence-corrected chi connectivity index (χ2v) is 6.26. The van der Waals surface area contributed by atoms with Crippen molar-refractivity contribution in [1.82, 2.24) is 20.4 Å². The Hall–Kier alpha value is -0.830. The van der Waals surface area contributed by atoms with Crippen LogP contribution in [0.25, 0.3) is 0 Å². The van der Waals surface area contributed by atoms with E-state index in [-0.39, 0.29) is 24.0 Å². The minimum atomic E-state index is 0. The number of guanidine groups is 1. The average Bonchev–Trinajstić information content (AvgIpc) is 3.13. The van der Waals surface area contributed by atoms with Crippen molar-refractivity contribution in [3.05, 3.63) is 17.0 Å². The minimum absolute atomic E-state index is 0. The van der Waals surface area contributed by atoms with Gasteiger partial charge in [-0.1, -0.05) is 12.8 Å². The maximum Gasteiger partial charge on any atom is 0.191 e. The molecule has 2 rings (SSSR count). The summed E-state index contributed by atoms with van der Waals surface area (Å²) in [6, 6.07) is 0. The van der Waals surface area contributed by atoms with Gasteiger partial charge in [0.25, 0.3) is 0 Å². The number of rotatable bonds is 7. The van der Waals surface area contributed by atoms with Crippen LogP contribution in [0.3, 0.4) is 0 Å². The summed E-state index contributed by atoms with van der Waals surface area (Å²) >= 11 is 0. The van der Waals surface area contributed by atoms with E-state index in [0.717, 1.165) is 37.8 Å². The molecule has 1 heterocycles. The van der Waals surface area contributed by atoms with E-state index < -0.39 is 0 Å². The number of aromatic nitrogens is 2. The van der Waals surface area contributed by atoms with E-state index >= 15 is 0 Å². The molecule has 138 valence electrons. The molecule has 0 aliphatic heterocycles. The molecule has 0 spiro atoms. The highest BCUT2D eigenvalue weighted by Crippen LogP contribution is 2.20. The molecule has 1 aliphatic carbocycles. The Balaban J connectivity index is 0.00000288. The van der Waals surface area contributed by atoms with Gasteiger partial charge in [-0.25, -0.2) is 0 Å². The van der Waals surface area contributed by atoms with Gasteiger partial charge >= 0.3 is 0 Å².